The largest absolute Gasteiger partial charge is 0.342 e. The average Bonchev–Trinajstić information content (AvgIpc) is 3.20. The average molecular weight is 411 g/mol. The fourth-order valence-corrected chi connectivity index (χ4v) is 4.52. The molecule has 5 heteroatoms. The molecule has 3 aromatic carbocycles. The summed E-state index contributed by atoms with van der Waals surface area (Å²) in [5, 5.41) is 0. The zero-order valence-electron chi connectivity index (χ0n) is 17.7. The fourth-order valence-electron chi connectivity index (χ4n) is 4.52. The Kier molecular flexibility index (Phi) is 5.26. The van der Waals surface area contributed by atoms with Crippen molar-refractivity contribution in [3.05, 3.63) is 101 Å². The lowest BCUT2D eigenvalue weighted by atomic mass is 9.96. The molecule has 0 spiro atoms. The van der Waals surface area contributed by atoms with Crippen molar-refractivity contribution in [3.8, 4) is 0 Å². The quantitative estimate of drug-likeness (QED) is 0.542. The number of amides is 1. The van der Waals surface area contributed by atoms with Crippen LogP contribution < -0.4 is 0 Å². The summed E-state index contributed by atoms with van der Waals surface area (Å²) in [7, 11) is 0. The number of H-pyrrole nitrogens is 1. The second-order valence-electron chi connectivity index (χ2n) is 8.11. The first-order valence-corrected chi connectivity index (χ1v) is 10.8. The van der Waals surface area contributed by atoms with Crippen LogP contribution in [0.25, 0.3) is 11.0 Å². The number of rotatable bonds is 4. The van der Waals surface area contributed by atoms with Gasteiger partial charge >= 0.3 is 0 Å². The zero-order chi connectivity index (χ0) is 21.2. The minimum atomic E-state index is 0.0878. The summed E-state index contributed by atoms with van der Waals surface area (Å²) in [6, 6.07) is 27.2. The number of aryl methyl sites for hydroxylation is 1. The van der Waals surface area contributed by atoms with Crippen molar-refractivity contribution < 1.29 is 4.79 Å². The van der Waals surface area contributed by atoms with Crippen LogP contribution >= 0.6 is 0 Å². The number of hydrogen-bond donors (Lipinski definition) is 1. The van der Waals surface area contributed by atoms with Crippen LogP contribution in [0.3, 0.4) is 0 Å². The molecule has 1 aliphatic rings. The van der Waals surface area contributed by atoms with E-state index in [0.29, 0.717) is 5.56 Å². The van der Waals surface area contributed by atoms with Crippen molar-refractivity contribution in [3.63, 3.8) is 0 Å². The molecule has 0 saturated carbocycles. The minimum absolute atomic E-state index is 0.0878. The molecule has 5 nitrogen and oxygen atoms in total. The van der Waals surface area contributed by atoms with Gasteiger partial charge in [0.05, 0.1) is 17.1 Å². The molecule has 4 aromatic rings. The summed E-state index contributed by atoms with van der Waals surface area (Å²) in [6.07, 6.45) is 0. The highest BCUT2D eigenvalue weighted by molar-refractivity contribution is 5.97. The van der Waals surface area contributed by atoms with E-state index in [4.69, 9.17) is 0 Å². The molecule has 1 fully saturated rings. The maximum Gasteiger partial charge on any atom is 0.254 e. The van der Waals surface area contributed by atoms with Crippen molar-refractivity contribution in [1.82, 2.24) is 19.8 Å². The van der Waals surface area contributed by atoms with E-state index in [1.807, 2.05) is 30.0 Å². The van der Waals surface area contributed by atoms with Gasteiger partial charge in [-0.15, -0.1) is 0 Å². The minimum Gasteiger partial charge on any atom is -0.342 e. The molecular formula is C26H26N4O. The standard InChI is InChI=1S/C26H26N4O/c1-19-27-23-13-12-22(18-24(23)28-19)26(31)30-16-14-29(15-17-30)25(20-8-4-2-5-9-20)21-10-6-3-7-11-21/h2-13,18,25H,14-17H2,1H3,(H,27,28). The van der Waals surface area contributed by atoms with E-state index in [1.165, 1.54) is 11.1 Å². The third-order valence-electron chi connectivity index (χ3n) is 6.04. The van der Waals surface area contributed by atoms with E-state index in [-0.39, 0.29) is 11.9 Å². The second kappa shape index (κ2) is 8.36. The van der Waals surface area contributed by atoms with E-state index in [9.17, 15) is 4.79 Å². The zero-order valence-corrected chi connectivity index (χ0v) is 17.7. The SMILES string of the molecule is Cc1nc2ccc(C(=O)N3CCN(C(c4ccccc4)c4ccccc4)CC3)cc2[nH]1. The highest BCUT2D eigenvalue weighted by Crippen LogP contribution is 2.29. The van der Waals surface area contributed by atoms with Crippen molar-refractivity contribution in [2.45, 2.75) is 13.0 Å². The number of hydrogen-bond acceptors (Lipinski definition) is 3. The second-order valence-corrected chi connectivity index (χ2v) is 8.11. The van der Waals surface area contributed by atoms with Gasteiger partial charge in [0.1, 0.15) is 5.82 Å². The number of piperazine rings is 1. The monoisotopic (exact) mass is 410 g/mol. The fraction of sp³-hybridized carbons (Fsp3) is 0.231. The molecule has 0 atom stereocenters. The maximum absolute atomic E-state index is 13.1. The molecule has 1 saturated heterocycles. The van der Waals surface area contributed by atoms with Crippen molar-refractivity contribution >= 4 is 16.9 Å². The third-order valence-corrected chi connectivity index (χ3v) is 6.04. The first-order valence-electron chi connectivity index (χ1n) is 10.8. The molecule has 1 amide bonds. The number of nitrogens with zero attached hydrogens (tertiary/aromatic N) is 3. The van der Waals surface area contributed by atoms with Crippen LogP contribution in [0.5, 0.6) is 0 Å². The first-order chi connectivity index (χ1) is 15.2. The Balaban J connectivity index is 1.33. The molecule has 1 aromatic heterocycles. The molecule has 5 rings (SSSR count). The number of aromatic nitrogens is 2. The maximum atomic E-state index is 13.1. The molecule has 1 N–H and O–H groups in total. The van der Waals surface area contributed by atoms with Crippen LogP contribution in [0.1, 0.15) is 33.4 Å². The third kappa shape index (κ3) is 3.97. The van der Waals surface area contributed by atoms with Crippen LogP contribution in [0, 0.1) is 6.92 Å². The molecule has 0 unspecified atom stereocenters. The van der Waals surface area contributed by atoms with Gasteiger partial charge in [-0.2, -0.15) is 0 Å². The number of benzene rings is 3. The molecular weight excluding hydrogens is 384 g/mol. The normalized spacial score (nSPS) is 15.0. The predicted octanol–water partition coefficient (Wildman–Crippen LogP) is 4.42. The lowest BCUT2D eigenvalue weighted by molar-refractivity contribution is 0.0597. The van der Waals surface area contributed by atoms with Gasteiger partial charge in [0.2, 0.25) is 0 Å². The van der Waals surface area contributed by atoms with Gasteiger partial charge in [-0.1, -0.05) is 60.7 Å². The number of imidazole rings is 1. The van der Waals surface area contributed by atoms with Gasteiger partial charge in [0.15, 0.2) is 0 Å². The molecule has 31 heavy (non-hydrogen) atoms. The Morgan fingerprint density at radius 2 is 1.48 bits per heavy atom. The Morgan fingerprint density at radius 1 is 0.871 bits per heavy atom. The lowest BCUT2D eigenvalue weighted by Gasteiger charge is -2.39. The summed E-state index contributed by atoms with van der Waals surface area (Å²) < 4.78 is 0. The molecule has 0 aliphatic carbocycles. The van der Waals surface area contributed by atoms with Crippen molar-refractivity contribution in [2.24, 2.45) is 0 Å². The topological polar surface area (TPSA) is 52.2 Å². The van der Waals surface area contributed by atoms with Gasteiger partial charge in [0, 0.05) is 31.7 Å². The summed E-state index contributed by atoms with van der Waals surface area (Å²) in [5.74, 6) is 0.950. The van der Waals surface area contributed by atoms with E-state index in [2.05, 4.69) is 75.5 Å². The molecule has 1 aliphatic heterocycles. The number of nitrogens with one attached hydrogen (secondary N) is 1. The number of aromatic amines is 1. The van der Waals surface area contributed by atoms with E-state index < -0.39 is 0 Å². The van der Waals surface area contributed by atoms with Crippen LogP contribution in [-0.4, -0.2) is 51.9 Å². The van der Waals surface area contributed by atoms with Gasteiger partial charge in [-0.25, -0.2) is 4.98 Å². The van der Waals surface area contributed by atoms with Crippen LogP contribution in [0.2, 0.25) is 0 Å². The highest BCUT2D eigenvalue weighted by Gasteiger charge is 2.28. The van der Waals surface area contributed by atoms with Crippen LogP contribution in [0.4, 0.5) is 0 Å². The van der Waals surface area contributed by atoms with Gasteiger partial charge in [-0.3, -0.25) is 9.69 Å². The molecule has 2 heterocycles. The van der Waals surface area contributed by atoms with E-state index >= 15 is 0 Å². The van der Waals surface area contributed by atoms with Crippen molar-refractivity contribution in [2.75, 3.05) is 26.2 Å². The van der Waals surface area contributed by atoms with E-state index in [1.54, 1.807) is 0 Å². The first kappa shape index (κ1) is 19.5. The number of fused-ring (bicyclic) bond motifs is 1. The summed E-state index contributed by atoms with van der Waals surface area (Å²) in [4.78, 5) is 25.2. The van der Waals surface area contributed by atoms with Crippen LogP contribution in [0.15, 0.2) is 78.9 Å². The molecule has 0 bridgehead atoms. The van der Waals surface area contributed by atoms with E-state index in [0.717, 1.165) is 43.0 Å². The molecule has 156 valence electrons. The Hall–Kier alpha value is -3.44. The van der Waals surface area contributed by atoms with Gasteiger partial charge in [-0.05, 0) is 36.2 Å². The Bertz CT molecular complexity index is 1140. The highest BCUT2D eigenvalue weighted by atomic mass is 16.2. The Labute approximate surface area is 182 Å². The lowest BCUT2D eigenvalue weighted by Crippen LogP contribution is -2.49. The van der Waals surface area contributed by atoms with Gasteiger partial charge in [0.25, 0.3) is 5.91 Å². The summed E-state index contributed by atoms with van der Waals surface area (Å²) >= 11 is 0. The number of carbonyl (C=O) groups excluding carboxylic acids is 1. The number of carbonyl (C=O) groups is 1. The summed E-state index contributed by atoms with van der Waals surface area (Å²) in [6.45, 7) is 5.04. The molecule has 0 radical (unpaired) electrons. The van der Waals surface area contributed by atoms with Gasteiger partial charge < -0.3 is 9.88 Å². The predicted molar refractivity (Wildman–Crippen MR) is 123 cm³/mol. The Morgan fingerprint density at radius 3 is 2.10 bits per heavy atom. The smallest absolute Gasteiger partial charge is 0.254 e. The van der Waals surface area contributed by atoms with Crippen molar-refractivity contribution in [1.29, 1.82) is 0 Å². The van der Waals surface area contributed by atoms with Crippen LogP contribution in [-0.2, 0) is 0 Å². The summed E-state index contributed by atoms with van der Waals surface area (Å²) in [5.41, 5.74) is 5.09.